The zero-order chi connectivity index (χ0) is 25.4. The molecule has 0 N–H and O–H groups in total. The first-order chi connectivity index (χ1) is 18.0. The quantitative estimate of drug-likeness (QED) is 0.356. The fourth-order valence-electron chi connectivity index (χ4n) is 4.48. The van der Waals surface area contributed by atoms with Gasteiger partial charge in [-0.1, -0.05) is 17.3 Å². The Bertz CT molecular complexity index is 1550. The Balaban J connectivity index is 1.21. The number of anilines is 1. The summed E-state index contributed by atoms with van der Waals surface area (Å²) >= 11 is 0. The highest BCUT2D eigenvalue weighted by Crippen LogP contribution is 2.27. The van der Waals surface area contributed by atoms with E-state index >= 15 is 0 Å². The van der Waals surface area contributed by atoms with Crippen molar-refractivity contribution in [1.29, 1.82) is 0 Å². The number of hydrogen-bond donors (Lipinski definition) is 0. The molecule has 1 aliphatic rings. The molecule has 3 heterocycles. The smallest absolute Gasteiger partial charge is 0.244 e. The molecule has 0 radical (unpaired) electrons. The summed E-state index contributed by atoms with van der Waals surface area (Å²) in [5.74, 6) is 0.720. The molecule has 1 aliphatic heterocycles. The largest absolute Gasteiger partial charge is 0.354 e. The summed E-state index contributed by atoms with van der Waals surface area (Å²) in [4.78, 5) is 21.8. The maximum Gasteiger partial charge on any atom is 0.244 e. The Kier molecular flexibility index (Phi) is 5.84. The number of amides is 1. The van der Waals surface area contributed by atoms with Gasteiger partial charge in [0.1, 0.15) is 18.2 Å². The van der Waals surface area contributed by atoms with Gasteiger partial charge in [0.2, 0.25) is 5.91 Å². The molecule has 0 saturated carbocycles. The maximum atomic E-state index is 13.5. The molecule has 0 unspecified atom stereocenters. The highest BCUT2D eigenvalue weighted by molar-refractivity contribution is 5.88. The number of benzene rings is 3. The van der Waals surface area contributed by atoms with Crippen molar-refractivity contribution in [2.24, 2.45) is 0 Å². The molecule has 10 heteroatoms. The van der Waals surface area contributed by atoms with E-state index in [0.29, 0.717) is 49.0 Å². The first-order valence-electron chi connectivity index (χ1n) is 11.9. The highest BCUT2D eigenvalue weighted by atomic mass is 19.1. The van der Waals surface area contributed by atoms with Crippen LogP contribution in [0.25, 0.3) is 33.7 Å². The van der Waals surface area contributed by atoms with Crippen molar-refractivity contribution in [3.63, 3.8) is 0 Å². The van der Waals surface area contributed by atoms with Gasteiger partial charge in [0, 0.05) is 37.3 Å². The molecule has 1 amide bonds. The number of piperazine rings is 1. The number of rotatable bonds is 5. The van der Waals surface area contributed by atoms with E-state index in [9.17, 15) is 13.6 Å². The van der Waals surface area contributed by atoms with Gasteiger partial charge in [-0.05, 0) is 60.7 Å². The summed E-state index contributed by atoms with van der Waals surface area (Å²) in [5.41, 5.74) is 1.97. The van der Waals surface area contributed by atoms with E-state index in [1.807, 2.05) is 24.3 Å². The molecule has 6 rings (SSSR count). The highest BCUT2D eigenvalue weighted by Gasteiger charge is 2.26. The van der Waals surface area contributed by atoms with Gasteiger partial charge < -0.3 is 14.3 Å². The molecule has 5 aromatic rings. The fourth-order valence-corrected chi connectivity index (χ4v) is 4.48. The van der Waals surface area contributed by atoms with Gasteiger partial charge in [-0.15, -0.1) is 5.10 Å². The standard InChI is InChI=1S/C27H22F2N6O2/c28-20-9-5-18(6-10-20)25-30-26(19-7-11-21(29)12-8-19)35(31-25)17-24(36)33-13-15-34(16-14-33)27-22-3-1-2-4-23(22)37-32-27/h1-12H,13-17H2. The van der Waals surface area contributed by atoms with Crippen molar-refractivity contribution in [1.82, 2.24) is 24.8 Å². The van der Waals surface area contributed by atoms with E-state index in [0.717, 1.165) is 16.8 Å². The zero-order valence-corrected chi connectivity index (χ0v) is 19.7. The fraction of sp³-hybridized carbons (Fsp3) is 0.185. The second kappa shape index (κ2) is 9.45. The van der Waals surface area contributed by atoms with Crippen LogP contribution >= 0.6 is 0 Å². The lowest BCUT2D eigenvalue weighted by Gasteiger charge is -2.34. The summed E-state index contributed by atoms with van der Waals surface area (Å²) < 4.78 is 33.9. The Hall–Kier alpha value is -4.60. The summed E-state index contributed by atoms with van der Waals surface area (Å²) in [6.45, 7) is 2.24. The maximum absolute atomic E-state index is 13.5. The average Bonchev–Trinajstić information content (AvgIpc) is 3.54. The third-order valence-corrected chi connectivity index (χ3v) is 6.45. The lowest BCUT2D eigenvalue weighted by Crippen LogP contribution is -2.49. The van der Waals surface area contributed by atoms with Crippen molar-refractivity contribution in [2.45, 2.75) is 6.54 Å². The van der Waals surface area contributed by atoms with Crippen molar-refractivity contribution >= 4 is 22.7 Å². The second-order valence-electron chi connectivity index (χ2n) is 8.80. The predicted molar refractivity (Wildman–Crippen MR) is 134 cm³/mol. The third-order valence-electron chi connectivity index (χ3n) is 6.45. The minimum Gasteiger partial charge on any atom is -0.354 e. The van der Waals surface area contributed by atoms with E-state index in [1.165, 1.54) is 28.9 Å². The van der Waals surface area contributed by atoms with E-state index < -0.39 is 0 Å². The minimum atomic E-state index is -0.373. The Morgan fingerprint density at radius 3 is 2.19 bits per heavy atom. The van der Waals surface area contributed by atoms with Gasteiger partial charge in [0.25, 0.3) is 0 Å². The number of carbonyl (C=O) groups is 1. The summed E-state index contributed by atoms with van der Waals surface area (Å²) in [7, 11) is 0. The molecular formula is C27H22F2N6O2. The number of para-hydroxylation sites is 1. The number of hydrogen-bond acceptors (Lipinski definition) is 6. The molecule has 0 aliphatic carbocycles. The van der Waals surface area contributed by atoms with Crippen LogP contribution in [0.3, 0.4) is 0 Å². The van der Waals surface area contributed by atoms with E-state index in [1.54, 1.807) is 29.2 Å². The van der Waals surface area contributed by atoms with Crippen molar-refractivity contribution in [3.8, 4) is 22.8 Å². The van der Waals surface area contributed by atoms with Gasteiger partial charge in [-0.2, -0.15) is 0 Å². The van der Waals surface area contributed by atoms with Gasteiger partial charge in [-0.25, -0.2) is 18.4 Å². The Labute approximate surface area is 210 Å². The molecule has 1 fully saturated rings. The lowest BCUT2D eigenvalue weighted by molar-refractivity contribution is -0.132. The number of halogens is 2. The first kappa shape index (κ1) is 22.8. The monoisotopic (exact) mass is 500 g/mol. The van der Waals surface area contributed by atoms with Gasteiger partial charge in [0.15, 0.2) is 23.0 Å². The Morgan fingerprint density at radius 1 is 0.838 bits per heavy atom. The van der Waals surface area contributed by atoms with Crippen molar-refractivity contribution < 1.29 is 18.1 Å². The molecule has 1 saturated heterocycles. The van der Waals surface area contributed by atoms with Crippen molar-refractivity contribution in [2.75, 3.05) is 31.1 Å². The molecular weight excluding hydrogens is 478 g/mol. The van der Waals surface area contributed by atoms with Crippen LogP contribution in [-0.4, -0.2) is 56.9 Å². The SMILES string of the molecule is O=C(Cn1nc(-c2ccc(F)cc2)nc1-c1ccc(F)cc1)N1CCN(c2noc3ccccc23)CC1. The molecule has 8 nitrogen and oxygen atoms in total. The van der Waals surface area contributed by atoms with Crippen LogP contribution in [0.2, 0.25) is 0 Å². The average molecular weight is 501 g/mol. The lowest BCUT2D eigenvalue weighted by atomic mass is 10.2. The zero-order valence-electron chi connectivity index (χ0n) is 19.7. The Morgan fingerprint density at radius 2 is 1.49 bits per heavy atom. The molecule has 0 spiro atoms. The van der Waals surface area contributed by atoms with Crippen molar-refractivity contribution in [3.05, 3.63) is 84.4 Å². The van der Waals surface area contributed by atoms with E-state index in [2.05, 4.69) is 20.1 Å². The summed E-state index contributed by atoms with van der Waals surface area (Å²) in [6, 6.07) is 19.4. The van der Waals surface area contributed by atoms with Gasteiger partial charge in [-0.3, -0.25) is 4.79 Å². The number of aromatic nitrogens is 4. The first-order valence-corrected chi connectivity index (χ1v) is 11.9. The number of nitrogens with zero attached hydrogens (tertiary/aromatic N) is 6. The topological polar surface area (TPSA) is 80.3 Å². The van der Waals surface area contributed by atoms with Crippen LogP contribution < -0.4 is 4.90 Å². The molecule has 3 aromatic carbocycles. The molecule has 0 atom stereocenters. The number of carbonyl (C=O) groups excluding carboxylic acids is 1. The predicted octanol–water partition coefficient (Wildman–Crippen LogP) is 4.38. The van der Waals surface area contributed by atoms with Gasteiger partial charge >= 0.3 is 0 Å². The second-order valence-corrected chi connectivity index (χ2v) is 8.80. The third kappa shape index (κ3) is 4.53. The van der Waals surface area contributed by atoms with Crippen LogP contribution in [0.4, 0.5) is 14.6 Å². The van der Waals surface area contributed by atoms with Crippen LogP contribution in [-0.2, 0) is 11.3 Å². The van der Waals surface area contributed by atoms with Crippen LogP contribution in [0.1, 0.15) is 0 Å². The molecule has 186 valence electrons. The molecule has 37 heavy (non-hydrogen) atoms. The van der Waals surface area contributed by atoms with Crippen LogP contribution in [0.15, 0.2) is 77.3 Å². The van der Waals surface area contributed by atoms with Gasteiger partial charge in [0.05, 0.1) is 5.39 Å². The van der Waals surface area contributed by atoms with E-state index in [-0.39, 0.29) is 24.1 Å². The minimum absolute atomic E-state index is 0.0339. The summed E-state index contributed by atoms with van der Waals surface area (Å²) in [6.07, 6.45) is 0. The summed E-state index contributed by atoms with van der Waals surface area (Å²) in [5, 5.41) is 9.71. The van der Waals surface area contributed by atoms with Crippen LogP contribution in [0.5, 0.6) is 0 Å². The van der Waals surface area contributed by atoms with Crippen LogP contribution in [0, 0.1) is 11.6 Å². The normalized spacial score (nSPS) is 13.9. The van der Waals surface area contributed by atoms with E-state index in [4.69, 9.17) is 4.52 Å². The molecule has 0 bridgehead atoms. The molecule has 2 aromatic heterocycles. The number of fused-ring (bicyclic) bond motifs is 1.